The maximum absolute atomic E-state index is 10.8. The summed E-state index contributed by atoms with van der Waals surface area (Å²) in [6.45, 7) is 8.02. The minimum Gasteiger partial charge on any atom is -0.377 e. The SMILES string of the molecule is CC(C)=CCC/C(C)=C/CC/C(C)=C\C(O)P(=O)(O)O. The molecule has 0 fully saturated rings. The zero-order valence-electron chi connectivity index (χ0n) is 12.8. The third kappa shape index (κ3) is 10.2. The predicted molar refractivity (Wildman–Crippen MR) is 83.5 cm³/mol. The van der Waals surface area contributed by atoms with Gasteiger partial charge in [0, 0.05) is 0 Å². The molecule has 4 nitrogen and oxygen atoms in total. The van der Waals surface area contributed by atoms with E-state index >= 15 is 0 Å². The van der Waals surface area contributed by atoms with Crippen LogP contribution in [0.5, 0.6) is 0 Å². The number of hydrogen-bond donors (Lipinski definition) is 3. The van der Waals surface area contributed by atoms with Crippen molar-refractivity contribution in [3.05, 3.63) is 34.9 Å². The van der Waals surface area contributed by atoms with Crippen molar-refractivity contribution in [2.45, 2.75) is 59.2 Å². The van der Waals surface area contributed by atoms with Gasteiger partial charge in [-0.15, -0.1) is 0 Å². The summed E-state index contributed by atoms with van der Waals surface area (Å²) in [7, 11) is -4.43. The lowest BCUT2D eigenvalue weighted by Gasteiger charge is -2.09. The molecular formula is C15H27O4P. The van der Waals surface area contributed by atoms with E-state index in [1.54, 1.807) is 6.92 Å². The van der Waals surface area contributed by atoms with E-state index in [2.05, 4.69) is 32.9 Å². The van der Waals surface area contributed by atoms with Crippen molar-refractivity contribution in [3.63, 3.8) is 0 Å². The number of hydrogen-bond acceptors (Lipinski definition) is 2. The van der Waals surface area contributed by atoms with Crippen molar-refractivity contribution in [2.24, 2.45) is 0 Å². The molecule has 0 aromatic carbocycles. The molecule has 0 aliphatic carbocycles. The molecule has 0 amide bonds. The lowest BCUT2D eigenvalue weighted by molar-refractivity contribution is 0.237. The summed E-state index contributed by atoms with van der Waals surface area (Å²) >= 11 is 0. The molecule has 20 heavy (non-hydrogen) atoms. The molecule has 0 rings (SSSR count). The fourth-order valence-electron chi connectivity index (χ4n) is 1.67. The normalized spacial score (nSPS) is 15.2. The Morgan fingerprint density at radius 3 is 2.00 bits per heavy atom. The Hall–Kier alpha value is -0.670. The van der Waals surface area contributed by atoms with E-state index in [1.807, 2.05) is 0 Å². The van der Waals surface area contributed by atoms with Gasteiger partial charge in [-0.25, -0.2) is 0 Å². The Morgan fingerprint density at radius 2 is 1.50 bits per heavy atom. The van der Waals surface area contributed by atoms with E-state index in [1.165, 1.54) is 17.2 Å². The molecule has 0 spiro atoms. The van der Waals surface area contributed by atoms with Gasteiger partial charge in [0.1, 0.15) is 0 Å². The van der Waals surface area contributed by atoms with E-state index in [0.717, 1.165) is 24.8 Å². The third-order valence-electron chi connectivity index (χ3n) is 2.90. The second-order valence-electron chi connectivity index (χ2n) is 5.43. The predicted octanol–water partition coefficient (Wildman–Crippen LogP) is 3.90. The fourth-order valence-corrected chi connectivity index (χ4v) is 2.12. The molecular weight excluding hydrogens is 275 g/mol. The van der Waals surface area contributed by atoms with Crippen LogP contribution in [0, 0.1) is 0 Å². The lowest BCUT2D eigenvalue weighted by Crippen LogP contribution is -2.03. The number of aliphatic hydroxyl groups is 1. The van der Waals surface area contributed by atoms with E-state index in [9.17, 15) is 9.67 Å². The van der Waals surface area contributed by atoms with Gasteiger partial charge in [0.15, 0.2) is 5.85 Å². The summed E-state index contributed by atoms with van der Waals surface area (Å²) in [5, 5.41) is 9.27. The van der Waals surface area contributed by atoms with Gasteiger partial charge < -0.3 is 14.9 Å². The van der Waals surface area contributed by atoms with Crippen molar-refractivity contribution >= 4 is 7.60 Å². The van der Waals surface area contributed by atoms with Gasteiger partial charge in [-0.3, -0.25) is 4.57 Å². The summed E-state index contributed by atoms with van der Waals surface area (Å²) in [6.07, 6.45) is 9.16. The Morgan fingerprint density at radius 1 is 1.00 bits per heavy atom. The van der Waals surface area contributed by atoms with E-state index in [0.29, 0.717) is 6.42 Å². The molecule has 0 aliphatic rings. The van der Waals surface area contributed by atoms with Gasteiger partial charge in [0.05, 0.1) is 0 Å². The first-order chi connectivity index (χ1) is 9.12. The van der Waals surface area contributed by atoms with E-state index in [4.69, 9.17) is 9.79 Å². The average molecular weight is 302 g/mol. The van der Waals surface area contributed by atoms with Crippen molar-refractivity contribution in [1.29, 1.82) is 0 Å². The van der Waals surface area contributed by atoms with E-state index in [-0.39, 0.29) is 0 Å². The first-order valence-electron chi connectivity index (χ1n) is 6.82. The Kier molecular flexibility index (Phi) is 8.99. The molecule has 0 aromatic rings. The molecule has 0 saturated heterocycles. The minimum absolute atomic E-state index is 0.692. The first-order valence-corrected chi connectivity index (χ1v) is 8.50. The van der Waals surface area contributed by atoms with Gasteiger partial charge in [-0.05, 0) is 59.5 Å². The number of rotatable bonds is 8. The monoisotopic (exact) mass is 302 g/mol. The molecule has 116 valence electrons. The largest absolute Gasteiger partial charge is 0.377 e. The highest BCUT2D eigenvalue weighted by atomic mass is 31.2. The van der Waals surface area contributed by atoms with Crippen molar-refractivity contribution in [2.75, 3.05) is 0 Å². The van der Waals surface area contributed by atoms with Gasteiger partial charge in [-0.1, -0.05) is 28.9 Å². The summed E-state index contributed by atoms with van der Waals surface area (Å²) in [5.74, 6) is -1.69. The number of allylic oxidation sites excluding steroid dienone is 5. The van der Waals surface area contributed by atoms with Gasteiger partial charge in [0.25, 0.3) is 0 Å². The van der Waals surface area contributed by atoms with Crippen LogP contribution in [0.4, 0.5) is 0 Å². The van der Waals surface area contributed by atoms with Gasteiger partial charge in [-0.2, -0.15) is 0 Å². The summed E-state index contributed by atoms with van der Waals surface area (Å²) in [6, 6.07) is 0. The fraction of sp³-hybridized carbons (Fsp3) is 0.600. The lowest BCUT2D eigenvalue weighted by atomic mass is 10.1. The summed E-state index contributed by atoms with van der Waals surface area (Å²) < 4.78 is 10.8. The highest BCUT2D eigenvalue weighted by Crippen LogP contribution is 2.40. The van der Waals surface area contributed by atoms with Crippen LogP contribution in [0.3, 0.4) is 0 Å². The quantitative estimate of drug-likeness (QED) is 0.469. The third-order valence-corrected chi connectivity index (χ3v) is 3.74. The standard InChI is InChI=1S/C15H27O4P/c1-12(2)7-5-8-13(3)9-6-10-14(4)11-15(16)20(17,18)19/h7,9,11,15-16H,5-6,8,10H2,1-4H3,(H2,17,18,19)/b13-9+,14-11-. The molecule has 0 saturated carbocycles. The van der Waals surface area contributed by atoms with Crippen LogP contribution in [-0.4, -0.2) is 20.7 Å². The van der Waals surface area contributed by atoms with Gasteiger partial charge >= 0.3 is 7.60 Å². The molecule has 0 heterocycles. The minimum atomic E-state index is -4.43. The van der Waals surface area contributed by atoms with Crippen LogP contribution < -0.4 is 0 Å². The topological polar surface area (TPSA) is 77.8 Å². The molecule has 0 radical (unpaired) electrons. The molecule has 0 aromatic heterocycles. The van der Waals surface area contributed by atoms with Crippen molar-refractivity contribution in [1.82, 2.24) is 0 Å². The second kappa shape index (κ2) is 9.30. The first kappa shape index (κ1) is 19.3. The van der Waals surface area contributed by atoms with Crippen LogP contribution >= 0.6 is 7.60 Å². The van der Waals surface area contributed by atoms with Crippen LogP contribution in [0.2, 0.25) is 0 Å². The Labute approximate surface area is 122 Å². The summed E-state index contributed by atoms with van der Waals surface area (Å²) in [5.41, 5.74) is 3.42. The van der Waals surface area contributed by atoms with Crippen LogP contribution in [0.15, 0.2) is 34.9 Å². The molecule has 5 heteroatoms. The zero-order chi connectivity index (χ0) is 15.8. The summed E-state index contributed by atoms with van der Waals surface area (Å²) in [4.78, 5) is 17.6. The highest BCUT2D eigenvalue weighted by Gasteiger charge is 2.23. The molecule has 1 atom stereocenters. The Balaban J connectivity index is 4.19. The van der Waals surface area contributed by atoms with Crippen LogP contribution in [-0.2, 0) is 4.57 Å². The van der Waals surface area contributed by atoms with Crippen LogP contribution in [0.1, 0.15) is 53.4 Å². The molecule has 3 N–H and O–H groups in total. The Bertz CT molecular complexity index is 425. The molecule has 0 bridgehead atoms. The maximum Gasteiger partial charge on any atom is 0.357 e. The smallest absolute Gasteiger partial charge is 0.357 e. The van der Waals surface area contributed by atoms with E-state index < -0.39 is 13.4 Å². The maximum atomic E-state index is 10.8. The van der Waals surface area contributed by atoms with Crippen LogP contribution in [0.25, 0.3) is 0 Å². The molecule has 1 unspecified atom stereocenters. The van der Waals surface area contributed by atoms with Crippen molar-refractivity contribution < 1.29 is 19.5 Å². The molecule has 0 aliphatic heterocycles. The number of aliphatic hydroxyl groups excluding tert-OH is 1. The average Bonchev–Trinajstić information content (AvgIpc) is 2.26. The zero-order valence-corrected chi connectivity index (χ0v) is 13.7. The van der Waals surface area contributed by atoms with Crippen molar-refractivity contribution in [3.8, 4) is 0 Å². The second-order valence-corrected chi connectivity index (χ2v) is 7.13. The van der Waals surface area contributed by atoms with Gasteiger partial charge in [0.2, 0.25) is 0 Å². The highest BCUT2D eigenvalue weighted by molar-refractivity contribution is 7.52.